The summed E-state index contributed by atoms with van der Waals surface area (Å²) in [6.07, 6.45) is 3.66. The van der Waals surface area contributed by atoms with Gasteiger partial charge >= 0.3 is 0 Å². The van der Waals surface area contributed by atoms with Crippen LogP contribution in [0.2, 0.25) is 5.02 Å². The number of halogens is 1. The molecular formula is C10H11ClN2O. The number of carbonyl (C=O) groups excluding carboxylic acids is 1. The predicted molar refractivity (Wildman–Crippen MR) is 54.3 cm³/mol. The van der Waals surface area contributed by atoms with Crippen LogP contribution in [0, 0.1) is 5.92 Å². The molecule has 0 radical (unpaired) electrons. The Bertz CT molecular complexity index is 350. The van der Waals surface area contributed by atoms with Gasteiger partial charge in [0.25, 0.3) is 0 Å². The van der Waals surface area contributed by atoms with Crippen LogP contribution in [-0.4, -0.2) is 23.9 Å². The van der Waals surface area contributed by atoms with E-state index in [4.69, 9.17) is 11.6 Å². The molecule has 4 heteroatoms. The summed E-state index contributed by atoms with van der Waals surface area (Å²) in [5.41, 5.74) is 0.874. The van der Waals surface area contributed by atoms with Gasteiger partial charge in [-0.3, -0.25) is 9.78 Å². The van der Waals surface area contributed by atoms with Crippen LogP contribution >= 0.6 is 11.6 Å². The van der Waals surface area contributed by atoms with Gasteiger partial charge < -0.3 is 5.32 Å². The van der Waals surface area contributed by atoms with Gasteiger partial charge in [0.15, 0.2) is 0 Å². The summed E-state index contributed by atoms with van der Waals surface area (Å²) < 4.78 is 0. The molecule has 2 heterocycles. The van der Waals surface area contributed by atoms with E-state index in [1.807, 2.05) is 0 Å². The van der Waals surface area contributed by atoms with Crippen molar-refractivity contribution in [1.82, 2.24) is 10.3 Å². The van der Waals surface area contributed by atoms with Gasteiger partial charge in [-0.2, -0.15) is 0 Å². The minimum absolute atomic E-state index is 0.180. The zero-order valence-electron chi connectivity index (χ0n) is 7.66. The van der Waals surface area contributed by atoms with E-state index in [9.17, 15) is 4.79 Å². The highest BCUT2D eigenvalue weighted by Crippen LogP contribution is 2.16. The molecule has 3 nitrogen and oxygen atoms in total. The highest BCUT2D eigenvalue weighted by molar-refractivity contribution is 6.31. The van der Waals surface area contributed by atoms with Crippen molar-refractivity contribution in [1.29, 1.82) is 0 Å². The molecule has 14 heavy (non-hydrogen) atoms. The van der Waals surface area contributed by atoms with Crippen LogP contribution in [-0.2, 0) is 11.2 Å². The van der Waals surface area contributed by atoms with Crippen LogP contribution in [0.15, 0.2) is 18.5 Å². The number of nitrogens with one attached hydrogen (secondary N) is 1. The lowest BCUT2D eigenvalue weighted by molar-refractivity contribution is -0.123. The molecule has 0 aliphatic carbocycles. The zero-order chi connectivity index (χ0) is 9.97. The number of aromatic nitrogens is 1. The second-order valence-corrected chi connectivity index (χ2v) is 3.87. The van der Waals surface area contributed by atoms with Gasteiger partial charge in [-0.15, -0.1) is 0 Å². The third kappa shape index (κ3) is 1.94. The lowest BCUT2D eigenvalue weighted by atomic mass is 9.93. The number of pyridine rings is 1. The highest BCUT2D eigenvalue weighted by atomic mass is 35.5. The molecule has 2 rings (SSSR count). The maximum Gasteiger partial charge on any atom is 0.142 e. The van der Waals surface area contributed by atoms with E-state index in [1.165, 1.54) is 0 Å². The van der Waals surface area contributed by atoms with Gasteiger partial charge in [-0.1, -0.05) is 11.6 Å². The fourth-order valence-electron chi connectivity index (χ4n) is 1.40. The molecule has 0 spiro atoms. The Morgan fingerprint density at radius 1 is 1.64 bits per heavy atom. The van der Waals surface area contributed by atoms with Gasteiger partial charge in [-0.05, 0) is 11.6 Å². The number of hydrogen-bond acceptors (Lipinski definition) is 3. The minimum Gasteiger partial charge on any atom is -0.315 e. The average Bonchev–Trinajstić information content (AvgIpc) is 2.05. The lowest BCUT2D eigenvalue weighted by Gasteiger charge is -2.25. The molecule has 0 bridgehead atoms. The monoisotopic (exact) mass is 210 g/mol. The third-order valence-corrected chi connectivity index (χ3v) is 2.80. The molecule has 1 N–H and O–H groups in total. The Morgan fingerprint density at radius 3 is 3.00 bits per heavy atom. The van der Waals surface area contributed by atoms with Crippen molar-refractivity contribution in [2.45, 2.75) is 6.42 Å². The van der Waals surface area contributed by atoms with Crippen LogP contribution in [0.1, 0.15) is 5.56 Å². The van der Waals surface area contributed by atoms with Crippen molar-refractivity contribution in [2.75, 3.05) is 13.1 Å². The predicted octanol–water partition coefficient (Wildman–Crippen LogP) is 1.07. The highest BCUT2D eigenvalue weighted by Gasteiger charge is 2.24. The van der Waals surface area contributed by atoms with E-state index in [-0.39, 0.29) is 11.7 Å². The summed E-state index contributed by atoms with van der Waals surface area (Å²) in [5, 5.41) is 3.65. The fraction of sp³-hybridized carbons (Fsp3) is 0.400. The minimum atomic E-state index is 0.180. The van der Waals surface area contributed by atoms with Crippen LogP contribution in [0.3, 0.4) is 0 Å². The smallest absolute Gasteiger partial charge is 0.142 e. The Labute approximate surface area is 87.5 Å². The van der Waals surface area contributed by atoms with Gasteiger partial charge in [0, 0.05) is 37.8 Å². The Hall–Kier alpha value is -0.930. The fourth-order valence-corrected chi connectivity index (χ4v) is 1.58. The zero-order valence-corrected chi connectivity index (χ0v) is 8.42. The molecule has 1 saturated heterocycles. The second kappa shape index (κ2) is 4.07. The Balaban J connectivity index is 2.03. The Kier molecular flexibility index (Phi) is 2.79. The Morgan fingerprint density at radius 2 is 2.43 bits per heavy atom. The summed E-state index contributed by atoms with van der Waals surface area (Å²) in [6.45, 7) is 1.61. The van der Waals surface area contributed by atoms with Crippen molar-refractivity contribution in [2.24, 2.45) is 5.92 Å². The normalized spacial score (nSPS) is 16.4. The van der Waals surface area contributed by atoms with Gasteiger partial charge in [0.05, 0.1) is 5.02 Å². The molecular weight excluding hydrogens is 200 g/mol. The maximum absolute atomic E-state index is 11.6. The summed E-state index contributed by atoms with van der Waals surface area (Å²) in [7, 11) is 0. The van der Waals surface area contributed by atoms with Crippen LogP contribution in [0.5, 0.6) is 0 Å². The van der Waals surface area contributed by atoms with Crippen LogP contribution in [0.4, 0.5) is 0 Å². The van der Waals surface area contributed by atoms with E-state index in [0.29, 0.717) is 11.4 Å². The van der Waals surface area contributed by atoms with Crippen molar-refractivity contribution < 1.29 is 4.79 Å². The topological polar surface area (TPSA) is 42.0 Å². The molecule has 1 fully saturated rings. The summed E-state index contributed by atoms with van der Waals surface area (Å²) >= 11 is 5.90. The van der Waals surface area contributed by atoms with E-state index in [1.54, 1.807) is 18.5 Å². The molecule has 0 unspecified atom stereocenters. The van der Waals surface area contributed by atoms with E-state index >= 15 is 0 Å². The molecule has 0 amide bonds. The number of rotatable bonds is 3. The molecule has 0 saturated carbocycles. The lowest BCUT2D eigenvalue weighted by Crippen LogP contribution is -2.47. The van der Waals surface area contributed by atoms with E-state index < -0.39 is 0 Å². The number of carbonyl (C=O) groups is 1. The van der Waals surface area contributed by atoms with Crippen molar-refractivity contribution in [3.63, 3.8) is 0 Å². The molecule has 74 valence electrons. The summed E-state index contributed by atoms with van der Waals surface area (Å²) in [4.78, 5) is 15.5. The maximum atomic E-state index is 11.6. The average molecular weight is 211 g/mol. The second-order valence-electron chi connectivity index (χ2n) is 3.47. The number of Topliss-reactive ketones (excluding diaryl/α,β-unsaturated/α-hetero) is 1. The standard InChI is InChI=1S/C10H11ClN2O/c11-9-6-12-2-1-7(9)3-10(14)8-4-13-5-8/h1-2,6,8,13H,3-5H2. The van der Waals surface area contributed by atoms with Crippen molar-refractivity contribution in [3.8, 4) is 0 Å². The molecule has 1 aromatic heterocycles. The van der Waals surface area contributed by atoms with Crippen LogP contribution < -0.4 is 5.32 Å². The molecule has 1 aliphatic heterocycles. The van der Waals surface area contributed by atoms with Crippen molar-refractivity contribution in [3.05, 3.63) is 29.0 Å². The first-order chi connectivity index (χ1) is 6.77. The summed E-state index contributed by atoms with van der Waals surface area (Å²) in [5.74, 6) is 0.441. The third-order valence-electron chi connectivity index (χ3n) is 2.46. The first-order valence-electron chi connectivity index (χ1n) is 4.59. The first kappa shape index (κ1) is 9.62. The number of nitrogens with zero attached hydrogens (tertiary/aromatic N) is 1. The van der Waals surface area contributed by atoms with Gasteiger partial charge in [0.2, 0.25) is 0 Å². The largest absolute Gasteiger partial charge is 0.315 e. The molecule has 1 aliphatic rings. The van der Waals surface area contributed by atoms with Gasteiger partial charge in [0.1, 0.15) is 5.78 Å². The van der Waals surface area contributed by atoms with Gasteiger partial charge in [-0.25, -0.2) is 0 Å². The van der Waals surface area contributed by atoms with Crippen molar-refractivity contribution >= 4 is 17.4 Å². The quantitative estimate of drug-likeness (QED) is 0.812. The molecule has 0 aromatic carbocycles. The molecule has 1 aromatic rings. The summed E-state index contributed by atoms with van der Waals surface area (Å²) in [6, 6.07) is 1.80. The van der Waals surface area contributed by atoms with E-state index in [2.05, 4.69) is 10.3 Å². The van der Waals surface area contributed by atoms with Crippen LogP contribution in [0.25, 0.3) is 0 Å². The number of hydrogen-bond donors (Lipinski definition) is 1. The first-order valence-corrected chi connectivity index (χ1v) is 4.97. The van der Waals surface area contributed by atoms with E-state index in [0.717, 1.165) is 18.7 Å². The molecule has 0 atom stereocenters. The SMILES string of the molecule is O=C(Cc1ccncc1Cl)C1CNC1. The number of ketones is 1.